The van der Waals surface area contributed by atoms with Gasteiger partial charge in [-0.05, 0) is 52.1 Å². The van der Waals surface area contributed by atoms with Gasteiger partial charge in [-0.25, -0.2) is 0 Å². The summed E-state index contributed by atoms with van der Waals surface area (Å²) in [4.78, 5) is 5.19. The van der Waals surface area contributed by atoms with E-state index in [0.717, 1.165) is 21.6 Å². The van der Waals surface area contributed by atoms with E-state index in [9.17, 15) is 0 Å². The Balaban J connectivity index is 1.80. The summed E-state index contributed by atoms with van der Waals surface area (Å²) >= 11 is 6.54. The first-order valence-electron chi connectivity index (χ1n) is 10.1. The first-order valence-corrected chi connectivity index (χ1v) is 10.5. The molecule has 1 unspecified atom stereocenters. The number of pyridine rings is 1. The topological polar surface area (TPSA) is 12.9 Å². The van der Waals surface area contributed by atoms with E-state index < -0.39 is 5.41 Å². The summed E-state index contributed by atoms with van der Waals surface area (Å²) in [6.45, 7) is 0. The summed E-state index contributed by atoms with van der Waals surface area (Å²) in [5, 5.41) is 1.88. The van der Waals surface area contributed by atoms with E-state index in [1.165, 1.54) is 27.8 Å². The van der Waals surface area contributed by atoms with E-state index in [4.69, 9.17) is 16.6 Å². The molecule has 0 spiro atoms. The Morgan fingerprint density at radius 1 is 0.600 bits per heavy atom. The van der Waals surface area contributed by atoms with Crippen molar-refractivity contribution >= 4 is 22.5 Å². The average Bonchev–Trinajstić information content (AvgIpc) is 3.09. The van der Waals surface area contributed by atoms with Gasteiger partial charge in [-0.15, -0.1) is 0 Å². The summed E-state index contributed by atoms with van der Waals surface area (Å²) in [6, 6.07) is 38.2. The minimum Gasteiger partial charge on any atom is -0.251 e. The Bertz CT molecular complexity index is 1410. The van der Waals surface area contributed by atoms with Crippen LogP contribution in [0.3, 0.4) is 0 Å². The molecular formula is C28H18ClN. The highest BCUT2D eigenvalue weighted by molar-refractivity contribution is 6.30. The lowest BCUT2D eigenvalue weighted by Gasteiger charge is -2.32. The van der Waals surface area contributed by atoms with Gasteiger partial charge in [0, 0.05) is 10.4 Å². The van der Waals surface area contributed by atoms with Crippen molar-refractivity contribution in [1.82, 2.24) is 4.98 Å². The molecule has 0 saturated heterocycles. The van der Waals surface area contributed by atoms with Crippen LogP contribution in [0.15, 0.2) is 109 Å². The number of hydrogen-bond acceptors (Lipinski definition) is 1. The van der Waals surface area contributed by atoms with Crippen molar-refractivity contribution in [1.29, 1.82) is 0 Å². The Labute approximate surface area is 180 Å². The van der Waals surface area contributed by atoms with Crippen molar-refractivity contribution < 1.29 is 0 Å². The fourth-order valence-electron chi connectivity index (χ4n) is 4.95. The van der Waals surface area contributed by atoms with E-state index >= 15 is 0 Å². The Hall–Kier alpha value is -3.42. The van der Waals surface area contributed by atoms with Crippen LogP contribution >= 0.6 is 11.6 Å². The molecule has 0 fully saturated rings. The van der Waals surface area contributed by atoms with Gasteiger partial charge in [0.25, 0.3) is 0 Å². The summed E-state index contributed by atoms with van der Waals surface area (Å²) in [5.74, 6) is 0. The Morgan fingerprint density at radius 3 is 2.23 bits per heavy atom. The zero-order valence-corrected chi connectivity index (χ0v) is 17.0. The smallest absolute Gasteiger partial charge is 0.0886 e. The van der Waals surface area contributed by atoms with Crippen LogP contribution in [0.4, 0.5) is 0 Å². The van der Waals surface area contributed by atoms with Gasteiger partial charge in [0.05, 0.1) is 16.6 Å². The molecule has 1 heterocycles. The van der Waals surface area contributed by atoms with Gasteiger partial charge in [-0.3, -0.25) is 4.98 Å². The standard InChI is InChI=1S/C28H18ClN/c29-21-15-16-23-22-11-5-6-12-24(22)28(25(23)18-21,20-9-2-1-3-10-20)27-17-14-19-8-4-7-13-26(19)30-27/h1-18H. The predicted molar refractivity (Wildman–Crippen MR) is 124 cm³/mol. The lowest BCUT2D eigenvalue weighted by atomic mass is 9.70. The molecule has 0 N–H and O–H groups in total. The van der Waals surface area contributed by atoms with Crippen molar-refractivity contribution in [2.75, 3.05) is 0 Å². The minimum atomic E-state index is -0.512. The van der Waals surface area contributed by atoms with Gasteiger partial charge < -0.3 is 0 Å². The van der Waals surface area contributed by atoms with E-state index in [-0.39, 0.29) is 0 Å². The van der Waals surface area contributed by atoms with Crippen LogP contribution < -0.4 is 0 Å². The molecule has 2 heteroatoms. The molecule has 0 radical (unpaired) electrons. The molecule has 0 bridgehead atoms. The molecule has 1 aromatic heterocycles. The van der Waals surface area contributed by atoms with E-state index in [1.807, 2.05) is 12.1 Å². The van der Waals surface area contributed by atoms with E-state index in [0.29, 0.717) is 0 Å². The second-order valence-corrected chi connectivity index (χ2v) is 8.18. The van der Waals surface area contributed by atoms with Crippen molar-refractivity contribution in [3.05, 3.63) is 137 Å². The lowest BCUT2D eigenvalue weighted by molar-refractivity contribution is 0.740. The number of aromatic nitrogens is 1. The molecule has 0 aliphatic heterocycles. The van der Waals surface area contributed by atoms with Gasteiger partial charge in [0.1, 0.15) is 0 Å². The zero-order valence-electron chi connectivity index (χ0n) is 16.2. The number of benzene rings is 4. The van der Waals surface area contributed by atoms with Crippen LogP contribution in [0, 0.1) is 0 Å². The van der Waals surface area contributed by atoms with Crippen LogP contribution in [-0.4, -0.2) is 4.98 Å². The maximum Gasteiger partial charge on any atom is 0.0886 e. The van der Waals surface area contributed by atoms with Crippen molar-refractivity contribution in [3.8, 4) is 11.1 Å². The fraction of sp³-hybridized carbons (Fsp3) is 0.0357. The first kappa shape index (κ1) is 17.4. The molecule has 4 aromatic carbocycles. The van der Waals surface area contributed by atoms with E-state index in [2.05, 4.69) is 97.1 Å². The third-order valence-electron chi connectivity index (χ3n) is 6.20. The average molecular weight is 404 g/mol. The monoisotopic (exact) mass is 403 g/mol. The Morgan fingerprint density at radius 2 is 1.33 bits per heavy atom. The highest BCUT2D eigenvalue weighted by atomic mass is 35.5. The number of halogens is 1. The highest BCUT2D eigenvalue weighted by Gasteiger charge is 2.47. The molecule has 142 valence electrons. The van der Waals surface area contributed by atoms with Gasteiger partial charge in [0.15, 0.2) is 0 Å². The number of para-hydroxylation sites is 1. The van der Waals surface area contributed by atoms with Crippen LogP contribution in [0.25, 0.3) is 22.0 Å². The molecule has 0 amide bonds. The third-order valence-corrected chi connectivity index (χ3v) is 6.43. The summed E-state index contributed by atoms with van der Waals surface area (Å²) in [7, 11) is 0. The molecule has 1 atom stereocenters. The van der Waals surface area contributed by atoms with Crippen LogP contribution in [0.5, 0.6) is 0 Å². The van der Waals surface area contributed by atoms with Gasteiger partial charge in [-0.1, -0.05) is 96.5 Å². The number of fused-ring (bicyclic) bond motifs is 4. The van der Waals surface area contributed by atoms with E-state index in [1.54, 1.807) is 0 Å². The normalized spacial score (nSPS) is 17.0. The third kappa shape index (κ3) is 2.33. The van der Waals surface area contributed by atoms with Gasteiger partial charge in [-0.2, -0.15) is 0 Å². The SMILES string of the molecule is Clc1ccc2c(c1)C(c1ccccc1)(c1ccc3ccccc3n1)c1ccccc1-2. The molecule has 5 aromatic rings. The molecule has 1 aliphatic rings. The first-order chi connectivity index (χ1) is 14.8. The second kappa shape index (κ2) is 6.55. The fourth-order valence-corrected chi connectivity index (χ4v) is 5.12. The molecule has 6 rings (SSSR count). The number of hydrogen-bond donors (Lipinski definition) is 0. The number of rotatable bonds is 2. The summed E-state index contributed by atoms with van der Waals surface area (Å²) < 4.78 is 0. The lowest BCUT2D eigenvalue weighted by Crippen LogP contribution is -2.29. The molecule has 1 nitrogen and oxygen atoms in total. The quantitative estimate of drug-likeness (QED) is 0.296. The maximum atomic E-state index is 6.54. The van der Waals surface area contributed by atoms with Crippen molar-refractivity contribution in [2.24, 2.45) is 0 Å². The molecular weight excluding hydrogens is 386 g/mol. The van der Waals surface area contributed by atoms with Crippen LogP contribution in [0.2, 0.25) is 5.02 Å². The Kier molecular flexibility index (Phi) is 3.81. The molecule has 0 saturated carbocycles. The maximum absolute atomic E-state index is 6.54. The second-order valence-electron chi connectivity index (χ2n) is 7.74. The highest BCUT2D eigenvalue weighted by Crippen LogP contribution is 2.56. The van der Waals surface area contributed by atoms with Crippen molar-refractivity contribution in [3.63, 3.8) is 0 Å². The number of nitrogens with zero attached hydrogens (tertiary/aromatic N) is 1. The largest absolute Gasteiger partial charge is 0.251 e. The zero-order chi connectivity index (χ0) is 20.1. The van der Waals surface area contributed by atoms with Gasteiger partial charge >= 0.3 is 0 Å². The van der Waals surface area contributed by atoms with Gasteiger partial charge in [0.2, 0.25) is 0 Å². The minimum absolute atomic E-state index is 0.512. The van der Waals surface area contributed by atoms with Crippen LogP contribution in [0.1, 0.15) is 22.4 Å². The summed E-state index contributed by atoms with van der Waals surface area (Å²) in [6.07, 6.45) is 0. The molecule has 1 aliphatic carbocycles. The molecule has 30 heavy (non-hydrogen) atoms. The summed E-state index contributed by atoms with van der Waals surface area (Å²) in [5.41, 5.74) is 7.58. The van der Waals surface area contributed by atoms with Crippen LogP contribution in [-0.2, 0) is 5.41 Å². The predicted octanol–water partition coefficient (Wildman–Crippen LogP) is 7.25. The van der Waals surface area contributed by atoms with Crippen molar-refractivity contribution in [2.45, 2.75) is 5.41 Å².